The van der Waals surface area contributed by atoms with Crippen LogP contribution >= 0.6 is 23.1 Å². The standard InChI is InChI=1S/C21H24N2O2S2/c1-5-18(20(24)22-16-9-7-13(3)11-14(16)4)26-21-23-17-10-8-15(25-6-2)12-19(17)27-21/h7-12,18H,5-6H2,1-4H3,(H,22,24). The number of nitrogens with one attached hydrogen (secondary N) is 1. The lowest BCUT2D eigenvalue weighted by Gasteiger charge is -2.15. The first-order valence-electron chi connectivity index (χ1n) is 9.08. The molecule has 1 aromatic heterocycles. The highest BCUT2D eigenvalue weighted by Gasteiger charge is 2.20. The molecule has 1 unspecified atom stereocenters. The highest BCUT2D eigenvalue weighted by molar-refractivity contribution is 8.02. The summed E-state index contributed by atoms with van der Waals surface area (Å²) in [6.07, 6.45) is 0.738. The van der Waals surface area contributed by atoms with Gasteiger partial charge in [0.2, 0.25) is 5.91 Å². The number of thioether (sulfide) groups is 1. The van der Waals surface area contributed by atoms with E-state index in [-0.39, 0.29) is 11.2 Å². The van der Waals surface area contributed by atoms with Crippen molar-refractivity contribution in [3.05, 3.63) is 47.5 Å². The number of rotatable bonds is 7. The van der Waals surface area contributed by atoms with E-state index in [1.54, 1.807) is 11.3 Å². The Morgan fingerprint density at radius 2 is 2.04 bits per heavy atom. The molecule has 142 valence electrons. The van der Waals surface area contributed by atoms with Crippen molar-refractivity contribution in [2.24, 2.45) is 0 Å². The minimum atomic E-state index is -0.183. The van der Waals surface area contributed by atoms with Crippen LogP contribution in [0.5, 0.6) is 5.75 Å². The summed E-state index contributed by atoms with van der Waals surface area (Å²) < 4.78 is 7.54. The number of anilines is 1. The molecule has 1 heterocycles. The maximum Gasteiger partial charge on any atom is 0.237 e. The van der Waals surface area contributed by atoms with Gasteiger partial charge in [0, 0.05) is 5.69 Å². The van der Waals surface area contributed by atoms with Crippen molar-refractivity contribution in [3.63, 3.8) is 0 Å². The highest BCUT2D eigenvalue weighted by Crippen LogP contribution is 2.35. The van der Waals surface area contributed by atoms with Crippen LogP contribution in [0.15, 0.2) is 40.7 Å². The maximum atomic E-state index is 12.8. The topological polar surface area (TPSA) is 51.2 Å². The third kappa shape index (κ3) is 4.82. The number of hydrogen-bond acceptors (Lipinski definition) is 5. The van der Waals surface area contributed by atoms with Crippen LogP contribution in [0.4, 0.5) is 5.69 Å². The van der Waals surface area contributed by atoms with Gasteiger partial charge in [-0.3, -0.25) is 4.79 Å². The van der Waals surface area contributed by atoms with Crippen molar-refractivity contribution in [2.75, 3.05) is 11.9 Å². The first kappa shape index (κ1) is 19.7. The number of thiazole rings is 1. The van der Waals surface area contributed by atoms with Gasteiger partial charge in [0.25, 0.3) is 0 Å². The molecule has 1 atom stereocenters. The Morgan fingerprint density at radius 3 is 2.74 bits per heavy atom. The summed E-state index contributed by atoms with van der Waals surface area (Å²) in [6, 6.07) is 12.0. The van der Waals surface area contributed by atoms with E-state index in [1.165, 1.54) is 17.3 Å². The summed E-state index contributed by atoms with van der Waals surface area (Å²) >= 11 is 3.13. The van der Waals surface area contributed by atoms with E-state index in [9.17, 15) is 4.79 Å². The van der Waals surface area contributed by atoms with Crippen LogP contribution in [0.2, 0.25) is 0 Å². The Balaban J connectivity index is 1.73. The Morgan fingerprint density at radius 1 is 1.22 bits per heavy atom. The van der Waals surface area contributed by atoms with Crippen molar-refractivity contribution in [1.29, 1.82) is 0 Å². The Kier molecular flexibility index (Phi) is 6.39. The van der Waals surface area contributed by atoms with Crippen LogP contribution in [0.25, 0.3) is 10.2 Å². The number of hydrogen-bond donors (Lipinski definition) is 1. The molecule has 0 radical (unpaired) electrons. The number of ether oxygens (including phenoxy) is 1. The van der Waals surface area contributed by atoms with Crippen LogP contribution in [0.3, 0.4) is 0 Å². The minimum Gasteiger partial charge on any atom is -0.494 e. The largest absolute Gasteiger partial charge is 0.494 e. The van der Waals surface area contributed by atoms with E-state index < -0.39 is 0 Å². The summed E-state index contributed by atoms with van der Waals surface area (Å²) in [7, 11) is 0. The van der Waals surface area contributed by atoms with E-state index in [2.05, 4.69) is 16.4 Å². The monoisotopic (exact) mass is 400 g/mol. The molecule has 4 nitrogen and oxygen atoms in total. The third-order valence-electron chi connectivity index (χ3n) is 4.20. The van der Waals surface area contributed by atoms with Crippen LogP contribution in [0.1, 0.15) is 31.4 Å². The molecule has 6 heteroatoms. The number of aryl methyl sites for hydroxylation is 2. The number of fused-ring (bicyclic) bond motifs is 1. The molecular formula is C21H24N2O2S2. The lowest BCUT2D eigenvalue weighted by Crippen LogP contribution is -2.24. The van der Waals surface area contributed by atoms with Crippen LogP contribution in [0, 0.1) is 13.8 Å². The predicted octanol–water partition coefficient (Wildman–Crippen LogP) is 5.82. The Bertz CT molecular complexity index is 953. The van der Waals surface area contributed by atoms with Crippen molar-refractivity contribution in [2.45, 2.75) is 43.7 Å². The van der Waals surface area contributed by atoms with Gasteiger partial charge >= 0.3 is 0 Å². The lowest BCUT2D eigenvalue weighted by atomic mass is 10.1. The van der Waals surface area contributed by atoms with Crippen molar-refractivity contribution >= 4 is 44.9 Å². The van der Waals surface area contributed by atoms with Gasteiger partial charge in [-0.15, -0.1) is 11.3 Å². The Hall–Kier alpha value is -2.05. The second kappa shape index (κ2) is 8.76. The lowest BCUT2D eigenvalue weighted by molar-refractivity contribution is -0.115. The number of carbonyl (C=O) groups is 1. The fraction of sp³-hybridized carbons (Fsp3) is 0.333. The third-order valence-corrected chi connectivity index (χ3v) is 6.67. The summed E-state index contributed by atoms with van der Waals surface area (Å²) in [6.45, 7) is 8.70. The average Bonchev–Trinajstić information content (AvgIpc) is 3.04. The first-order chi connectivity index (χ1) is 13.0. The molecule has 3 aromatic rings. The quantitative estimate of drug-likeness (QED) is 0.508. The van der Waals surface area contributed by atoms with E-state index in [0.29, 0.717) is 6.61 Å². The van der Waals surface area contributed by atoms with Crippen molar-refractivity contribution in [3.8, 4) is 5.75 Å². The van der Waals surface area contributed by atoms with E-state index in [0.717, 1.165) is 38.0 Å². The molecule has 0 saturated heterocycles. The molecule has 0 aliphatic carbocycles. The zero-order valence-electron chi connectivity index (χ0n) is 16.0. The van der Waals surface area contributed by atoms with Crippen LogP contribution in [-0.4, -0.2) is 22.7 Å². The molecule has 0 saturated carbocycles. The summed E-state index contributed by atoms with van der Waals surface area (Å²) in [5.41, 5.74) is 4.07. The molecule has 0 spiro atoms. The highest BCUT2D eigenvalue weighted by atomic mass is 32.2. The van der Waals surface area contributed by atoms with Gasteiger partial charge in [0.05, 0.1) is 22.1 Å². The smallest absolute Gasteiger partial charge is 0.237 e. The molecule has 1 amide bonds. The molecule has 2 aromatic carbocycles. The van der Waals surface area contributed by atoms with Crippen molar-refractivity contribution in [1.82, 2.24) is 4.98 Å². The summed E-state index contributed by atoms with van der Waals surface area (Å²) in [5, 5.41) is 2.88. The normalized spacial score (nSPS) is 12.1. The van der Waals surface area contributed by atoms with Gasteiger partial charge < -0.3 is 10.1 Å². The fourth-order valence-corrected chi connectivity index (χ4v) is 5.06. The predicted molar refractivity (Wildman–Crippen MR) is 115 cm³/mol. The van der Waals surface area contributed by atoms with Crippen LogP contribution < -0.4 is 10.1 Å². The van der Waals surface area contributed by atoms with Crippen molar-refractivity contribution < 1.29 is 9.53 Å². The molecule has 1 N–H and O–H groups in total. The van der Waals surface area contributed by atoms with Gasteiger partial charge in [-0.05, 0) is 57.0 Å². The zero-order valence-corrected chi connectivity index (χ0v) is 17.7. The van der Waals surface area contributed by atoms with Gasteiger partial charge in [0.1, 0.15) is 5.75 Å². The molecular weight excluding hydrogens is 376 g/mol. The minimum absolute atomic E-state index is 0.0173. The molecule has 0 aliphatic rings. The second-order valence-corrected chi connectivity index (χ2v) is 8.85. The summed E-state index contributed by atoms with van der Waals surface area (Å²) in [4.78, 5) is 17.4. The zero-order chi connectivity index (χ0) is 19.4. The number of benzene rings is 2. The molecule has 0 fully saturated rings. The van der Waals surface area contributed by atoms with Crippen LogP contribution in [-0.2, 0) is 4.79 Å². The first-order valence-corrected chi connectivity index (χ1v) is 10.8. The molecule has 0 bridgehead atoms. The molecule has 0 aliphatic heterocycles. The number of aromatic nitrogens is 1. The SMILES string of the molecule is CCOc1ccc2nc(SC(CC)C(=O)Nc3ccc(C)cc3C)sc2c1. The Labute approximate surface area is 168 Å². The molecule has 3 rings (SSSR count). The second-order valence-electron chi connectivity index (χ2n) is 6.36. The fourth-order valence-electron chi connectivity index (χ4n) is 2.80. The van der Waals surface area contributed by atoms with Gasteiger partial charge in [-0.1, -0.05) is 36.4 Å². The molecule has 27 heavy (non-hydrogen) atoms. The maximum absolute atomic E-state index is 12.8. The van der Waals surface area contributed by atoms with Gasteiger partial charge in [-0.25, -0.2) is 4.98 Å². The summed E-state index contributed by atoms with van der Waals surface area (Å²) in [5.74, 6) is 0.869. The number of carbonyl (C=O) groups excluding carboxylic acids is 1. The van der Waals surface area contributed by atoms with Gasteiger partial charge in [-0.2, -0.15) is 0 Å². The number of nitrogens with zero attached hydrogens (tertiary/aromatic N) is 1. The van der Waals surface area contributed by atoms with Gasteiger partial charge in [0.15, 0.2) is 4.34 Å². The van der Waals surface area contributed by atoms with E-state index >= 15 is 0 Å². The number of amides is 1. The average molecular weight is 401 g/mol. The van der Waals surface area contributed by atoms with E-state index in [4.69, 9.17) is 4.74 Å². The van der Waals surface area contributed by atoms with E-state index in [1.807, 2.05) is 58.0 Å².